The van der Waals surface area contributed by atoms with Crippen molar-refractivity contribution in [3.63, 3.8) is 0 Å². The van der Waals surface area contributed by atoms with Crippen molar-refractivity contribution in [2.45, 2.75) is 46.1 Å². The van der Waals surface area contributed by atoms with Gasteiger partial charge >= 0.3 is 0 Å². The summed E-state index contributed by atoms with van der Waals surface area (Å²) in [6, 6.07) is 3.21. The van der Waals surface area contributed by atoms with Crippen LogP contribution >= 0.6 is 27.5 Å². The number of hydrogen-bond acceptors (Lipinski definition) is 1. The van der Waals surface area contributed by atoms with E-state index >= 15 is 0 Å². The summed E-state index contributed by atoms with van der Waals surface area (Å²) in [4.78, 5) is 0. The van der Waals surface area contributed by atoms with E-state index in [1.807, 2.05) is 0 Å². The Labute approximate surface area is 133 Å². The minimum atomic E-state index is -0.314. The molecule has 3 atom stereocenters. The third-order valence-electron chi connectivity index (χ3n) is 5.57. The molecule has 0 spiro atoms. The zero-order valence-electron chi connectivity index (χ0n) is 12.1. The lowest BCUT2D eigenvalue weighted by molar-refractivity contribution is 0.155. The van der Waals surface area contributed by atoms with E-state index in [0.29, 0.717) is 21.0 Å². The van der Waals surface area contributed by atoms with E-state index in [1.54, 1.807) is 0 Å². The molecule has 1 nitrogen and oxygen atoms in total. The second-order valence-corrected chi connectivity index (χ2v) is 8.50. The summed E-state index contributed by atoms with van der Waals surface area (Å²) in [6.07, 6.45) is 3.85. The van der Waals surface area contributed by atoms with Gasteiger partial charge < -0.3 is 5.32 Å². The Morgan fingerprint density at radius 3 is 2.60 bits per heavy atom. The number of nitrogens with one attached hydrogen (secondary N) is 1. The maximum absolute atomic E-state index is 13.4. The molecule has 2 fully saturated rings. The van der Waals surface area contributed by atoms with Crippen molar-refractivity contribution >= 4 is 33.2 Å². The average molecular weight is 361 g/mol. The number of fused-ring (bicyclic) bond motifs is 2. The molecule has 0 radical (unpaired) electrons. The summed E-state index contributed by atoms with van der Waals surface area (Å²) in [5.74, 6) is 0.453. The molecule has 0 aromatic heterocycles. The van der Waals surface area contributed by atoms with Crippen LogP contribution in [-0.2, 0) is 0 Å². The quantitative estimate of drug-likeness (QED) is 0.695. The number of rotatable bonds is 2. The fraction of sp³-hybridized carbons (Fsp3) is 0.625. The molecule has 0 saturated heterocycles. The van der Waals surface area contributed by atoms with Crippen LogP contribution in [0.5, 0.6) is 0 Å². The molecule has 2 saturated carbocycles. The van der Waals surface area contributed by atoms with Crippen LogP contribution in [-0.4, -0.2) is 6.04 Å². The lowest BCUT2D eigenvalue weighted by Crippen LogP contribution is -2.45. The summed E-state index contributed by atoms with van der Waals surface area (Å²) >= 11 is 9.65. The Morgan fingerprint density at radius 1 is 1.35 bits per heavy atom. The van der Waals surface area contributed by atoms with Crippen molar-refractivity contribution in [3.05, 3.63) is 27.4 Å². The molecule has 4 heteroatoms. The van der Waals surface area contributed by atoms with E-state index in [-0.39, 0.29) is 11.2 Å². The molecule has 0 aliphatic heterocycles. The molecular weight excluding hydrogens is 341 g/mol. The summed E-state index contributed by atoms with van der Waals surface area (Å²) < 4.78 is 14.1. The highest BCUT2D eigenvalue weighted by Gasteiger charge is 2.59. The molecule has 1 aromatic rings. The van der Waals surface area contributed by atoms with Crippen molar-refractivity contribution in [2.24, 2.45) is 16.7 Å². The Balaban J connectivity index is 1.96. The van der Waals surface area contributed by atoms with Crippen LogP contribution in [0, 0.1) is 22.6 Å². The van der Waals surface area contributed by atoms with Crippen LogP contribution in [0.15, 0.2) is 16.6 Å². The molecule has 110 valence electrons. The van der Waals surface area contributed by atoms with Gasteiger partial charge in [-0.25, -0.2) is 4.39 Å². The third kappa shape index (κ3) is 2.09. The van der Waals surface area contributed by atoms with Gasteiger partial charge in [0.15, 0.2) is 0 Å². The SMILES string of the molecule is CC1(C)C(Nc2c(Cl)cc(F)cc2Br)[C@]2(C)CC[C@H]1C2. The van der Waals surface area contributed by atoms with Crippen molar-refractivity contribution < 1.29 is 4.39 Å². The van der Waals surface area contributed by atoms with E-state index in [2.05, 4.69) is 42.0 Å². The Bertz CT molecular complexity index is 532. The van der Waals surface area contributed by atoms with Gasteiger partial charge in [-0.2, -0.15) is 0 Å². The summed E-state index contributed by atoms with van der Waals surface area (Å²) in [5.41, 5.74) is 1.37. The maximum Gasteiger partial charge on any atom is 0.125 e. The van der Waals surface area contributed by atoms with Crippen LogP contribution < -0.4 is 5.32 Å². The van der Waals surface area contributed by atoms with Gasteiger partial charge in [0.1, 0.15) is 5.82 Å². The van der Waals surface area contributed by atoms with Crippen molar-refractivity contribution in [2.75, 3.05) is 5.32 Å². The van der Waals surface area contributed by atoms with Gasteiger partial charge in [-0.15, -0.1) is 0 Å². The normalized spacial score (nSPS) is 34.5. The minimum absolute atomic E-state index is 0.240. The maximum atomic E-state index is 13.4. The first kappa shape index (κ1) is 14.6. The number of hydrogen-bond donors (Lipinski definition) is 1. The topological polar surface area (TPSA) is 12.0 Å². The number of anilines is 1. The molecule has 20 heavy (non-hydrogen) atoms. The molecule has 1 aromatic carbocycles. The molecule has 2 bridgehead atoms. The fourth-order valence-electron chi connectivity index (χ4n) is 4.49. The zero-order valence-corrected chi connectivity index (χ0v) is 14.4. The van der Waals surface area contributed by atoms with Crippen molar-refractivity contribution in [1.29, 1.82) is 0 Å². The second-order valence-electron chi connectivity index (χ2n) is 7.24. The van der Waals surface area contributed by atoms with Gasteiger partial charge in [0.05, 0.1) is 10.7 Å². The van der Waals surface area contributed by atoms with Gasteiger partial charge in [-0.3, -0.25) is 0 Å². The van der Waals surface area contributed by atoms with Gasteiger partial charge in [-0.05, 0) is 64.1 Å². The molecule has 0 amide bonds. The van der Waals surface area contributed by atoms with Crippen molar-refractivity contribution in [1.82, 2.24) is 0 Å². The minimum Gasteiger partial charge on any atom is -0.379 e. The predicted molar refractivity (Wildman–Crippen MR) is 85.7 cm³/mol. The van der Waals surface area contributed by atoms with Gasteiger partial charge in [0.2, 0.25) is 0 Å². The first-order chi connectivity index (χ1) is 9.24. The summed E-state index contributed by atoms with van der Waals surface area (Å²) in [5, 5.41) is 4.06. The van der Waals surface area contributed by atoms with Crippen LogP contribution in [0.25, 0.3) is 0 Å². The van der Waals surface area contributed by atoms with Crippen LogP contribution in [0.2, 0.25) is 5.02 Å². The van der Waals surface area contributed by atoms with Crippen LogP contribution in [0.3, 0.4) is 0 Å². The highest BCUT2D eigenvalue weighted by atomic mass is 79.9. The largest absolute Gasteiger partial charge is 0.379 e. The molecule has 1 unspecified atom stereocenters. The lowest BCUT2D eigenvalue weighted by atomic mass is 9.68. The molecule has 2 aliphatic carbocycles. The highest BCUT2D eigenvalue weighted by molar-refractivity contribution is 9.10. The molecule has 3 rings (SSSR count). The Morgan fingerprint density at radius 2 is 2.05 bits per heavy atom. The zero-order chi connectivity index (χ0) is 14.7. The summed E-state index contributed by atoms with van der Waals surface area (Å²) in [7, 11) is 0. The highest BCUT2D eigenvalue weighted by Crippen LogP contribution is 2.63. The van der Waals surface area contributed by atoms with Crippen molar-refractivity contribution in [3.8, 4) is 0 Å². The third-order valence-corrected chi connectivity index (χ3v) is 6.49. The number of benzene rings is 1. The van der Waals surface area contributed by atoms with Gasteiger partial charge in [-0.1, -0.05) is 32.4 Å². The fourth-order valence-corrected chi connectivity index (χ4v) is 5.41. The van der Waals surface area contributed by atoms with E-state index in [1.165, 1.54) is 31.4 Å². The molecular formula is C16H20BrClFN. The molecule has 0 heterocycles. The average Bonchev–Trinajstić information content (AvgIpc) is 2.77. The van der Waals surface area contributed by atoms with Crippen LogP contribution in [0.1, 0.15) is 40.0 Å². The standard InChI is InChI=1S/C16H20BrClFN/c1-15(2)9-4-5-16(3,8-9)14(15)20-13-11(17)6-10(19)7-12(13)18/h6-7,9,14,20H,4-5,8H2,1-3H3/t9-,14?,16+/m0/s1. The first-order valence-corrected chi connectivity index (χ1v) is 8.32. The smallest absolute Gasteiger partial charge is 0.125 e. The lowest BCUT2D eigenvalue weighted by Gasteiger charge is -2.44. The van der Waals surface area contributed by atoms with E-state index in [4.69, 9.17) is 11.6 Å². The summed E-state index contributed by atoms with van der Waals surface area (Å²) in [6.45, 7) is 7.04. The molecule has 1 N–H and O–H groups in total. The van der Waals surface area contributed by atoms with E-state index in [0.717, 1.165) is 11.6 Å². The van der Waals surface area contributed by atoms with Gasteiger partial charge in [0.25, 0.3) is 0 Å². The van der Waals surface area contributed by atoms with E-state index in [9.17, 15) is 4.39 Å². The molecule has 2 aliphatic rings. The van der Waals surface area contributed by atoms with Gasteiger partial charge in [0, 0.05) is 10.5 Å². The Hall–Kier alpha value is -0.280. The predicted octanol–water partition coefficient (Wildman–Crippen LogP) is 5.87. The Kier molecular flexibility index (Phi) is 3.37. The monoisotopic (exact) mass is 359 g/mol. The second kappa shape index (κ2) is 4.61. The van der Waals surface area contributed by atoms with Crippen LogP contribution in [0.4, 0.5) is 10.1 Å². The van der Waals surface area contributed by atoms with E-state index < -0.39 is 0 Å². The first-order valence-electron chi connectivity index (χ1n) is 7.15. The number of halogens is 3.